The Morgan fingerprint density at radius 1 is 0.500 bits per heavy atom. The fourth-order valence-electron chi connectivity index (χ4n) is 3.75. The normalized spacial score (nSPS) is 12.3. The van der Waals surface area contributed by atoms with E-state index >= 15 is 0 Å². The predicted molar refractivity (Wildman–Crippen MR) is 116 cm³/mol. The topological polar surface area (TPSA) is 82.3 Å². The molecule has 0 amide bonds. The van der Waals surface area contributed by atoms with Crippen LogP contribution in [0.25, 0.3) is 0 Å². The van der Waals surface area contributed by atoms with Crippen LogP contribution in [0.2, 0.25) is 0 Å². The molecular weight excluding hydrogens is 352 g/mol. The molecule has 4 N–H and O–H groups in total. The Labute approximate surface area is 166 Å². The average molecular weight is 380 g/mol. The summed E-state index contributed by atoms with van der Waals surface area (Å²) in [6.45, 7) is 10.6. The monoisotopic (exact) mass is 380 g/mol. The Balaban J connectivity index is 2.33. The van der Waals surface area contributed by atoms with Crippen LogP contribution in [0.1, 0.15) is 59.5 Å². The number of hydrogen-bond acceptors (Lipinski definition) is 6. The van der Waals surface area contributed by atoms with Crippen LogP contribution in [0.4, 0.5) is 22.7 Å². The summed E-state index contributed by atoms with van der Waals surface area (Å²) in [5.41, 5.74) is 4.57. The quantitative estimate of drug-likeness (QED) is 0.469. The molecule has 0 aliphatic heterocycles. The molecule has 0 fully saturated rings. The van der Waals surface area contributed by atoms with E-state index in [9.17, 15) is 9.59 Å². The fourth-order valence-corrected chi connectivity index (χ4v) is 3.75. The molecule has 0 atom stereocenters. The molecule has 0 radical (unpaired) electrons. The second-order valence-electron chi connectivity index (χ2n) is 6.60. The van der Waals surface area contributed by atoms with E-state index < -0.39 is 0 Å². The van der Waals surface area contributed by atoms with E-state index in [2.05, 4.69) is 21.3 Å². The van der Waals surface area contributed by atoms with Gasteiger partial charge in [0.15, 0.2) is 11.6 Å². The van der Waals surface area contributed by atoms with E-state index in [0.717, 1.165) is 0 Å². The average Bonchev–Trinajstić information content (AvgIpc) is 2.68. The van der Waals surface area contributed by atoms with E-state index in [-0.39, 0.29) is 11.6 Å². The van der Waals surface area contributed by atoms with Crippen LogP contribution in [0.15, 0.2) is 24.3 Å². The minimum Gasteiger partial charge on any atom is -0.385 e. The third-order valence-corrected chi connectivity index (χ3v) is 4.79. The van der Waals surface area contributed by atoms with Gasteiger partial charge in [-0.3, -0.25) is 9.59 Å². The maximum absolute atomic E-state index is 13.7. The first-order valence-corrected chi connectivity index (χ1v) is 9.97. The van der Waals surface area contributed by atoms with Gasteiger partial charge in [0.2, 0.25) is 0 Å². The number of benzene rings is 2. The van der Waals surface area contributed by atoms with Gasteiger partial charge in [0.1, 0.15) is 0 Å². The Morgan fingerprint density at radius 3 is 0.893 bits per heavy atom. The zero-order chi connectivity index (χ0) is 20.3. The molecule has 0 spiro atoms. The molecule has 148 valence electrons. The predicted octanol–water partition coefficient (Wildman–Crippen LogP) is 4.19. The van der Waals surface area contributed by atoms with Gasteiger partial charge in [0, 0.05) is 48.9 Å². The lowest BCUT2D eigenvalue weighted by Crippen LogP contribution is -2.27. The first-order chi connectivity index (χ1) is 13.6. The summed E-state index contributed by atoms with van der Waals surface area (Å²) < 4.78 is 0. The van der Waals surface area contributed by atoms with Crippen molar-refractivity contribution < 1.29 is 9.59 Å². The maximum Gasteiger partial charge on any atom is 0.198 e. The Hall–Kier alpha value is -3.02. The first kappa shape index (κ1) is 19.7. The molecule has 1 aliphatic carbocycles. The lowest BCUT2D eigenvalue weighted by molar-refractivity contribution is 0.0981. The number of hydrogen-bond donors (Lipinski definition) is 4. The van der Waals surface area contributed by atoms with Crippen molar-refractivity contribution in [3.05, 3.63) is 46.5 Å². The highest BCUT2D eigenvalue weighted by molar-refractivity contribution is 6.35. The maximum atomic E-state index is 13.7. The molecule has 28 heavy (non-hydrogen) atoms. The number of ketones is 2. The minimum atomic E-state index is -0.129. The molecule has 0 unspecified atom stereocenters. The van der Waals surface area contributed by atoms with Crippen molar-refractivity contribution in [3.63, 3.8) is 0 Å². The van der Waals surface area contributed by atoms with Gasteiger partial charge in [-0.15, -0.1) is 0 Å². The number of carbonyl (C=O) groups excluding carboxylic acids is 2. The summed E-state index contributed by atoms with van der Waals surface area (Å²) in [5.74, 6) is -0.257. The van der Waals surface area contributed by atoms with Crippen LogP contribution in [0, 0.1) is 0 Å². The fraction of sp³-hybridized carbons (Fsp3) is 0.364. The van der Waals surface area contributed by atoms with Crippen molar-refractivity contribution in [1.82, 2.24) is 0 Å². The molecule has 2 aromatic rings. The molecule has 1 aliphatic rings. The molecule has 0 bridgehead atoms. The van der Waals surface area contributed by atoms with Crippen LogP contribution in [-0.2, 0) is 0 Å². The van der Waals surface area contributed by atoms with Crippen LogP contribution in [0.3, 0.4) is 0 Å². The lowest BCUT2D eigenvalue weighted by Gasteiger charge is -2.27. The summed E-state index contributed by atoms with van der Waals surface area (Å²) in [4.78, 5) is 27.3. The number of rotatable bonds is 8. The van der Waals surface area contributed by atoms with Gasteiger partial charge >= 0.3 is 0 Å². The van der Waals surface area contributed by atoms with Crippen molar-refractivity contribution in [2.24, 2.45) is 0 Å². The molecule has 6 heteroatoms. The molecular formula is C22H28N4O2. The van der Waals surface area contributed by atoms with Crippen molar-refractivity contribution >= 4 is 34.3 Å². The van der Waals surface area contributed by atoms with Crippen molar-refractivity contribution in [2.45, 2.75) is 27.7 Å². The standard InChI is InChI=1S/C22H28N4O2/c1-5-23-13-9-10-14(24-6-2)18-17(13)21(27)19-15(25-7-3)11-12-16(26-8-4)20(19)22(18)28/h9-12,23-26H,5-8H2,1-4H3. The molecule has 3 rings (SSSR count). The zero-order valence-electron chi connectivity index (χ0n) is 17.0. The lowest BCUT2D eigenvalue weighted by atomic mass is 9.80. The Bertz CT molecular complexity index is 776. The van der Waals surface area contributed by atoms with Gasteiger partial charge in [-0.05, 0) is 52.0 Å². The first-order valence-electron chi connectivity index (χ1n) is 9.97. The smallest absolute Gasteiger partial charge is 0.198 e. The number of nitrogens with one attached hydrogen (secondary N) is 4. The summed E-state index contributed by atoms with van der Waals surface area (Å²) in [7, 11) is 0. The van der Waals surface area contributed by atoms with Gasteiger partial charge < -0.3 is 21.3 Å². The second-order valence-corrected chi connectivity index (χ2v) is 6.60. The van der Waals surface area contributed by atoms with Crippen molar-refractivity contribution in [2.75, 3.05) is 47.4 Å². The highest BCUT2D eigenvalue weighted by Crippen LogP contribution is 2.41. The SMILES string of the molecule is CCNc1ccc(NCC)c2c1C(=O)c1c(NCC)ccc(NCC)c1C2=O. The third kappa shape index (κ3) is 3.19. The second kappa shape index (κ2) is 8.33. The van der Waals surface area contributed by atoms with Crippen LogP contribution >= 0.6 is 0 Å². The Morgan fingerprint density at radius 2 is 0.714 bits per heavy atom. The van der Waals surface area contributed by atoms with Crippen LogP contribution in [-0.4, -0.2) is 37.7 Å². The minimum absolute atomic E-state index is 0.129. The number of carbonyl (C=O) groups is 2. The summed E-state index contributed by atoms with van der Waals surface area (Å²) in [6, 6.07) is 7.49. The Kier molecular flexibility index (Phi) is 5.87. The van der Waals surface area contributed by atoms with Gasteiger partial charge in [-0.2, -0.15) is 0 Å². The summed E-state index contributed by atoms with van der Waals surface area (Å²) in [6.07, 6.45) is 0. The molecule has 2 aromatic carbocycles. The van der Waals surface area contributed by atoms with E-state index in [1.165, 1.54) is 0 Å². The van der Waals surface area contributed by atoms with E-state index in [0.29, 0.717) is 71.2 Å². The summed E-state index contributed by atoms with van der Waals surface area (Å²) in [5, 5.41) is 13.0. The van der Waals surface area contributed by atoms with Gasteiger partial charge in [-0.25, -0.2) is 0 Å². The molecule has 0 heterocycles. The van der Waals surface area contributed by atoms with E-state index in [1.807, 2.05) is 52.0 Å². The van der Waals surface area contributed by atoms with Gasteiger partial charge in [0.05, 0.1) is 22.3 Å². The van der Waals surface area contributed by atoms with Crippen LogP contribution < -0.4 is 21.3 Å². The molecule has 0 saturated carbocycles. The third-order valence-electron chi connectivity index (χ3n) is 4.79. The number of fused-ring (bicyclic) bond motifs is 2. The molecule has 0 aromatic heterocycles. The van der Waals surface area contributed by atoms with Crippen molar-refractivity contribution in [1.29, 1.82) is 0 Å². The largest absolute Gasteiger partial charge is 0.385 e. The summed E-state index contributed by atoms with van der Waals surface area (Å²) >= 11 is 0. The van der Waals surface area contributed by atoms with E-state index in [1.54, 1.807) is 0 Å². The molecule has 0 saturated heterocycles. The van der Waals surface area contributed by atoms with E-state index in [4.69, 9.17) is 0 Å². The highest BCUT2D eigenvalue weighted by Gasteiger charge is 2.37. The van der Waals surface area contributed by atoms with Gasteiger partial charge in [0.25, 0.3) is 0 Å². The highest BCUT2D eigenvalue weighted by atomic mass is 16.1. The van der Waals surface area contributed by atoms with Crippen molar-refractivity contribution in [3.8, 4) is 0 Å². The molecule has 6 nitrogen and oxygen atoms in total. The number of anilines is 4. The van der Waals surface area contributed by atoms with Gasteiger partial charge in [-0.1, -0.05) is 0 Å². The van der Waals surface area contributed by atoms with Crippen LogP contribution in [0.5, 0.6) is 0 Å². The zero-order valence-corrected chi connectivity index (χ0v) is 17.0.